The van der Waals surface area contributed by atoms with Crippen LogP contribution in [0.15, 0.2) is 70.2 Å². The Bertz CT molecular complexity index is 1300. The lowest BCUT2D eigenvalue weighted by molar-refractivity contribution is 0.575. The molecular formula is C24H21Cl2N7O. The highest BCUT2D eigenvalue weighted by Gasteiger charge is 2.17. The van der Waals surface area contributed by atoms with Gasteiger partial charge < -0.3 is 14.6 Å². The van der Waals surface area contributed by atoms with Crippen molar-refractivity contribution in [2.24, 2.45) is 5.10 Å². The first-order valence-electron chi connectivity index (χ1n) is 10.8. The summed E-state index contributed by atoms with van der Waals surface area (Å²) in [4.78, 5) is 15.7. The van der Waals surface area contributed by atoms with E-state index in [1.165, 1.54) is 0 Å². The molecule has 1 aliphatic heterocycles. The molecule has 5 rings (SSSR count). The van der Waals surface area contributed by atoms with Crippen molar-refractivity contribution in [3.63, 3.8) is 0 Å². The van der Waals surface area contributed by atoms with E-state index < -0.39 is 0 Å². The number of nitrogens with one attached hydrogen (secondary N) is 2. The summed E-state index contributed by atoms with van der Waals surface area (Å²) < 4.78 is 5.85. The van der Waals surface area contributed by atoms with E-state index in [9.17, 15) is 0 Å². The van der Waals surface area contributed by atoms with Gasteiger partial charge in [-0.1, -0.05) is 47.5 Å². The van der Waals surface area contributed by atoms with Crippen LogP contribution in [0.3, 0.4) is 0 Å². The Labute approximate surface area is 206 Å². The van der Waals surface area contributed by atoms with Gasteiger partial charge >= 0.3 is 0 Å². The summed E-state index contributed by atoms with van der Waals surface area (Å²) in [5, 5.41) is 8.38. The Morgan fingerprint density at radius 1 is 0.882 bits per heavy atom. The summed E-state index contributed by atoms with van der Waals surface area (Å²) in [5.74, 6) is 2.52. The topological polar surface area (TPSA) is 91.5 Å². The molecule has 0 aliphatic carbocycles. The fourth-order valence-corrected chi connectivity index (χ4v) is 3.99. The summed E-state index contributed by atoms with van der Waals surface area (Å²) in [7, 11) is 0. The SMILES string of the molecule is Clc1cccc(-c2ccc(/C=N\Nc3nc(Nc4ccccc4)nc(N4CCCC4)n3)o2)c1Cl. The van der Waals surface area contributed by atoms with Crippen LogP contribution in [0.25, 0.3) is 11.3 Å². The number of aromatic nitrogens is 3. The summed E-state index contributed by atoms with van der Waals surface area (Å²) >= 11 is 12.4. The van der Waals surface area contributed by atoms with Crippen LogP contribution in [0.4, 0.5) is 23.5 Å². The molecule has 8 nitrogen and oxygen atoms in total. The number of furan rings is 1. The molecular weight excluding hydrogens is 473 g/mol. The smallest absolute Gasteiger partial charge is 0.250 e. The average Bonchev–Trinajstić information content (AvgIpc) is 3.54. The van der Waals surface area contributed by atoms with Gasteiger partial charge in [0.25, 0.3) is 0 Å². The molecule has 172 valence electrons. The number of benzene rings is 2. The molecule has 4 aromatic rings. The molecule has 1 aliphatic rings. The van der Waals surface area contributed by atoms with Crippen LogP contribution in [0.2, 0.25) is 10.0 Å². The van der Waals surface area contributed by atoms with Crippen molar-refractivity contribution in [1.29, 1.82) is 0 Å². The van der Waals surface area contributed by atoms with Crippen LogP contribution >= 0.6 is 23.2 Å². The number of nitrogens with zero attached hydrogens (tertiary/aromatic N) is 5. The van der Waals surface area contributed by atoms with E-state index in [2.05, 4.69) is 35.7 Å². The van der Waals surface area contributed by atoms with Crippen LogP contribution in [0.1, 0.15) is 18.6 Å². The van der Waals surface area contributed by atoms with Crippen molar-refractivity contribution in [3.05, 3.63) is 76.5 Å². The molecule has 2 aromatic heterocycles. The van der Waals surface area contributed by atoms with E-state index >= 15 is 0 Å². The Morgan fingerprint density at radius 3 is 2.50 bits per heavy atom. The Balaban J connectivity index is 1.34. The molecule has 0 bridgehead atoms. The molecule has 0 radical (unpaired) electrons. The number of para-hydroxylation sites is 1. The second-order valence-corrected chi connectivity index (χ2v) is 8.43. The maximum absolute atomic E-state index is 6.29. The third-order valence-electron chi connectivity index (χ3n) is 5.24. The lowest BCUT2D eigenvalue weighted by Gasteiger charge is -2.16. The number of hydrogen-bond acceptors (Lipinski definition) is 8. The first-order chi connectivity index (χ1) is 16.7. The number of rotatable bonds is 7. The molecule has 0 spiro atoms. The van der Waals surface area contributed by atoms with Crippen LogP contribution < -0.4 is 15.6 Å². The highest BCUT2D eigenvalue weighted by atomic mass is 35.5. The van der Waals surface area contributed by atoms with Gasteiger partial charge in [-0.05, 0) is 49.2 Å². The third-order valence-corrected chi connectivity index (χ3v) is 6.06. The second kappa shape index (κ2) is 10.1. The van der Waals surface area contributed by atoms with Gasteiger partial charge in [0.1, 0.15) is 11.5 Å². The molecule has 0 amide bonds. The van der Waals surface area contributed by atoms with E-state index in [-0.39, 0.29) is 0 Å². The average molecular weight is 494 g/mol. The highest BCUT2D eigenvalue weighted by molar-refractivity contribution is 6.43. The molecule has 2 aromatic carbocycles. The largest absolute Gasteiger partial charge is 0.455 e. The van der Waals surface area contributed by atoms with Crippen molar-refractivity contribution in [3.8, 4) is 11.3 Å². The third kappa shape index (κ3) is 5.13. The van der Waals surface area contributed by atoms with E-state index in [1.54, 1.807) is 18.3 Å². The molecule has 0 saturated carbocycles. The zero-order valence-electron chi connectivity index (χ0n) is 18.1. The summed E-state index contributed by atoms with van der Waals surface area (Å²) in [6.45, 7) is 1.83. The molecule has 0 unspecified atom stereocenters. The lowest BCUT2D eigenvalue weighted by Crippen LogP contribution is -2.21. The van der Waals surface area contributed by atoms with Crippen molar-refractivity contribution >= 4 is 52.9 Å². The Kier molecular flexibility index (Phi) is 6.60. The van der Waals surface area contributed by atoms with Crippen molar-refractivity contribution in [2.45, 2.75) is 12.8 Å². The minimum atomic E-state index is 0.330. The first-order valence-corrected chi connectivity index (χ1v) is 11.6. The number of hydrogen-bond donors (Lipinski definition) is 2. The normalized spacial score (nSPS) is 13.5. The fourth-order valence-electron chi connectivity index (χ4n) is 3.59. The maximum Gasteiger partial charge on any atom is 0.250 e. The van der Waals surface area contributed by atoms with E-state index in [1.807, 2.05) is 48.5 Å². The van der Waals surface area contributed by atoms with Gasteiger partial charge in [0.2, 0.25) is 17.8 Å². The number of hydrazone groups is 1. The van der Waals surface area contributed by atoms with Gasteiger partial charge in [-0.15, -0.1) is 0 Å². The summed E-state index contributed by atoms with van der Waals surface area (Å²) in [6, 6.07) is 18.8. The molecule has 10 heteroatoms. The predicted octanol–water partition coefficient (Wildman–Crippen LogP) is 6.23. The highest BCUT2D eigenvalue weighted by Crippen LogP contribution is 2.34. The Morgan fingerprint density at radius 2 is 1.68 bits per heavy atom. The predicted molar refractivity (Wildman–Crippen MR) is 136 cm³/mol. The van der Waals surface area contributed by atoms with Crippen LogP contribution in [0, 0.1) is 0 Å². The van der Waals surface area contributed by atoms with E-state index in [4.69, 9.17) is 27.6 Å². The number of halogens is 2. The summed E-state index contributed by atoms with van der Waals surface area (Å²) in [6.07, 6.45) is 3.78. The fraction of sp³-hybridized carbons (Fsp3) is 0.167. The van der Waals surface area contributed by atoms with Crippen molar-refractivity contribution < 1.29 is 4.42 Å². The van der Waals surface area contributed by atoms with Crippen LogP contribution in [-0.2, 0) is 0 Å². The van der Waals surface area contributed by atoms with Gasteiger partial charge in [0, 0.05) is 24.3 Å². The van der Waals surface area contributed by atoms with E-state index in [0.29, 0.717) is 45.0 Å². The zero-order chi connectivity index (χ0) is 23.3. The molecule has 1 fully saturated rings. The minimum Gasteiger partial charge on any atom is -0.455 e. The lowest BCUT2D eigenvalue weighted by atomic mass is 10.2. The standard InChI is InChI=1S/C24H21Cl2N7O/c25-19-10-6-9-18(21(19)26)20-12-11-17(34-20)15-27-32-23-29-22(28-16-7-2-1-3-8-16)30-24(31-23)33-13-4-5-14-33/h1-3,6-12,15H,4-5,13-14H2,(H2,28,29,30,31,32)/b27-15-. The van der Waals surface area contributed by atoms with Gasteiger partial charge in [-0.25, -0.2) is 5.43 Å². The molecule has 2 N–H and O–H groups in total. The van der Waals surface area contributed by atoms with Gasteiger partial charge in [0.15, 0.2) is 0 Å². The zero-order valence-corrected chi connectivity index (χ0v) is 19.6. The molecule has 1 saturated heterocycles. The minimum absolute atomic E-state index is 0.330. The van der Waals surface area contributed by atoms with Gasteiger partial charge in [0.05, 0.1) is 16.3 Å². The summed E-state index contributed by atoms with van der Waals surface area (Å²) in [5.41, 5.74) is 4.49. The monoisotopic (exact) mass is 493 g/mol. The van der Waals surface area contributed by atoms with Gasteiger partial charge in [-0.2, -0.15) is 20.1 Å². The number of anilines is 4. The van der Waals surface area contributed by atoms with Gasteiger partial charge in [-0.3, -0.25) is 0 Å². The second-order valence-electron chi connectivity index (χ2n) is 7.64. The molecule has 3 heterocycles. The van der Waals surface area contributed by atoms with Crippen LogP contribution in [0.5, 0.6) is 0 Å². The van der Waals surface area contributed by atoms with Crippen molar-refractivity contribution in [2.75, 3.05) is 28.7 Å². The van der Waals surface area contributed by atoms with Crippen molar-refractivity contribution in [1.82, 2.24) is 15.0 Å². The molecule has 34 heavy (non-hydrogen) atoms. The first kappa shape index (κ1) is 22.2. The maximum atomic E-state index is 6.29. The quantitative estimate of drug-likeness (QED) is 0.233. The molecule has 0 atom stereocenters. The Hall–Kier alpha value is -3.62. The van der Waals surface area contributed by atoms with E-state index in [0.717, 1.165) is 31.6 Å². The van der Waals surface area contributed by atoms with Crippen LogP contribution in [-0.4, -0.2) is 34.3 Å².